The summed E-state index contributed by atoms with van der Waals surface area (Å²) >= 11 is 5.08. The maximum atomic E-state index is 12.6. The van der Waals surface area contributed by atoms with Gasteiger partial charge in [-0.3, -0.25) is 9.69 Å². The predicted molar refractivity (Wildman–Crippen MR) is 83.1 cm³/mol. The van der Waals surface area contributed by atoms with Gasteiger partial charge in [0.1, 0.15) is 0 Å². The van der Waals surface area contributed by atoms with Crippen LogP contribution in [-0.2, 0) is 4.79 Å². The van der Waals surface area contributed by atoms with E-state index in [9.17, 15) is 4.79 Å². The molecule has 2 N–H and O–H groups in total. The van der Waals surface area contributed by atoms with Crippen LogP contribution in [0.1, 0.15) is 41.0 Å². The Hall–Kier alpha value is -0.680. The molecule has 0 saturated carbocycles. The molecule has 1 aliphatic rings. The van der Waals surface area contributed by atoms with Gasteiger partial charge in [-0.25, -0.2) is 0 Å². The maximum Gasteiger partial charge on any atom is 0.235 e. The predicted octanol–water partition coefficient (Wildman–Crippen LogP) is 1.63. The van der Waals surface area contributed by atoms with E-state index in [1.165, 1.54) is 0 Å². The van der Waals surface area contributed by atoms with Crippen LogP contribution >= 0.6 is 12.2 Å². The van der Waals surface area contributed by atoms with Crippen molar-refractivity contribution in [3.63, 3.8) is 0 Å². The summed E-state index contributed by atoms with van der Waals surface area (Å²) in [6.07, 6.45) is 0.653. The third kappa shape index (κ3) is 3.45. The minimum atomic E-state index is -0.695. The number of amides is 1. The highest BCUT2D eigenvalue weighted by Gasteiger charge is 2.39. The molecule has 0 aromatic rings. The molecule has 0 spiro atoms. The van der Waals surface area contributed by atoms with Gasteiger partial charge in [0.05, 0.1) is 10.4 Å². The van der Waals surface area contributed by atoms with Gasteiger partial charge in [-0.05, 0) is 34.1 Å². The Labute approximate surface area is 122 Å². The zero-order valence-corrected chi connectivity index (χ0v) is 13.6. The molecule has 1 rings (SSSR count). The molecule has 1 fully saturated rings. The van der Waals surface area contributed by atoms with Gasteiger partial charge in [0.15, 0.2) is 0 Å². The molecule has 4 nitrogen and oxygen atoms in total. The molecule has 19 heavy (non-hydrogen) atoms. The summed E-state index contributed by atoms with van der Waals surface area (Å²) < 4.78 is 0. The van der Waals surface area contributed by atoms with Gasteiger partial charge in [0, 0.05) is 31.7 Å². The molecule has 0 aliphatic carbocycles. The zero-order chi connectivity index (χ0) is 14.8. The molecule has 0 bridgehead atoms. The Balaban J connectivity index is 2.70. The molecular weight excluding hydrogens is 258 g/mol. The van der Waals surface area contributed by atoms with Gasteiger partial charge in [-0.2, -0.15) is 0 Å². The van der Waals surface area contributed by atoms with Gasteiger partial charge in [-0.15, -0.1) is 0 Å². The Morgan fingerprint density at radius 3 is 1.95 bits per heavy atom. The number of hydrogen-bond donors (Lipinski definition) is 1. The fourth-order valence-corrected chi connectivity index (χ4v) is 2.59. The molecule has 5 heteroatoms. The number of hydrogen-bond acceptors (Lipinski definition) is 3. The van der Waals surface area contributed by atoms with Crippen LogP contribution < -0.4 is 5.73 Å². The summed E-state index contributed by atoms with van der Waals surface area (Å²) in [5, 5.41) is 0. The molecule has 1 unspecified atom stereocenters. The SMILES string of the molecule is CCC(C)(C(=O)N1CCN(C(C)(C)C)CC1)C(N)=S. The Bertz CT molecular complexity index is 356. The van der Waals surface area contributed by atoms with Gasteiger partial charge in [0.25, 0.3) is 0 Å². The Kier molecular flexibility index (Phi) is 4.96. The lowest BCUT2D eigenvalue weighted by Gasteiger charge is -2.44. The number of carbonyl (C=O) groups is 1. The van der Waals surface area contributed by atoms with E-state index in [4.69, 9.17) is 18.0 Å². The third-order valence-electron chi connectivity index (χ3n) is 4.24. The van der Waals surface area contributed by atoms with Crippen molar-refractivity contribution in [2.45, 2.75) is 46.6 Å². The minimum Gasteiger partial charge on any atom is -0.392 e. The Morgan fingerprint density at radius 2 is 1.63 bits per heavy atom. The number of nitrogens with two attached hydrogens (primary N) is 1. The molecule has 110 valence electrons. The number of rotatable bonds is 3. The van der Waals surface area contributed by atoms with Crippen molar-refractivity contribution in [3.05, 3.63) is 0 Å². The van der Waals surface area contributed by atoms with E-state index in [0.717, 1.165) is 26.2 Å². The second-order valence-corrected chi connectivity index (χ2v) is 6.94. The molecule has 1 atom stereocenters. The van der Waals surface area contributed by atoms with Crippen molar-refractivity contribution in [2.24, 2.45) is 11.1 Å². The lowest BCUT2D eigenvalue weighted by atomic mass is 9.85. The number of thiocarbonyl (C=S) groups is 1. The molecule has 0 radical (unpaired) electrons. The van der Waals surface area contributed by atoms with E-state index in [-0.39, 0.29) is 11.4 Å². The fraction of sp³-hybridized carbons (Fsp3) is 0.857. The summed E-state index contributed by atoms with van der Waals surface area (Å²) in [6, 6.07) is 0. The van der Waals surface area contributed by atoms with Crippen LogP contribution in [0, 0.1) is 5.41 Å². The summed E-state index contributed by atoms with van der Waals surface area (Å²) in [6.45, 7) is 13.8. The molecule has 1 saturated heterocycles. The maximum absolute atomic E-state index is 12.6. The molecule has 1 aliphatic heterocycles. The van der Waals surface area contributed by atoms with Crippen LogP contribution in [0.2, 0.25) is 0 Å². The van der Waals surface area contributed by atoms with E-state index in [1.54, 1.807) is 0 Å². The smallest absolute Gasteiger partial charge is 0.235 e. The standard InChI is InChI=1S/C14H27N3OS/c1-6-14(5,11(15)19)12(18)16-7-9-17(10-8-16)13(2,3)4/h6-10H2,1-5H3,(H2,15,19). The first-order valence-corrected chi connectivity index (χ1v) is 7.38. The van der Waals surface area contributed by atoms with E-state index in [2.05, 4.69) is 25.7 Å². The van der Waals surface area contributed by atoms with Crippen molar-refractivity contribution in [1.82, 2.24) is 9.80 Å². The average Bonchev–Trinajstić information content (AvgIpc) is 2.35. The second-order valence-electron chi connectivity index (χ2n) is 6.50. The van der Waals surface area contributed by atoms with Crippen molar-refractivity contribution >= 4 is 23.1 Å². The summed E-state index contributed by atoms with van der Waals surface area (Å²) in [4.78, 5) is 17.2. The van der Waals surface area contributed by atoms with Crippen LogP contribution in [0.15, 0.2) is 0 Å². The number of piperazine rings is 1. The molecular formula is C14H27N3OS. The van der Waals surface area contributed by atoms with Crippen molar-refractivity contribution in [2.75, 3.05) is 26.2 Å². The highest BCUT2D eigenvalue weighted by molar-refractivity contribution is 7.80. The number of carbonyl (C=O) groups excluding carboxylic acids is 1. The quantitative estimate of drug-likeness (QED) is 0.801. The summed E-state index contributed by atoms with van der Waals surface area (Å²) in [5.74, 6) is 0.0797. The first-order chi connectivity index (χ1) is 8.63. The highest BCUT2D eigenvalue weighted by Crippen LogP contribution is 2.26. The highest BCUT2D eigenvalue weighted by atomic mass is 32.1. The minimum absolute atomic E-state index is 0.0797. The zero-order valence-electron chi connectivity index (χ0n) is 12.8. The fourth-order valence-electron chi connectivity index (χ4n) is 2.36. The van der Waals surface area contributed by atoms with Crippen LogP contribution in [0.4, 0.5) is 0 Å². The summed E-state index contributed by atoms with van der Waals surface area (Å²) in [5.41, 5.74) is 5.22. The Morgan fingerprint density at radius 1 is 1.16 bits per heavy atom. The molecule has 1 heterocycles. The lowest BCUT2D eigenvalue weighted by molar-refractivity contribution is -0.140. The lowest BCUT2D eigenvalue weighted by Crippen LogP contribution is -2.58. The molecule has 0 aromatic carbocycles. The van der Waals surface area contributed by atoms with Gasteiger partial charge >= 0.3 is 0 Å². The monoisotopic (exact) mass is 285 g/mol. The first-order valence-electron chi connectivity index (χ1n) is 6.97. The third-order valence-corrected chi connectivity index (χ3v) is 4.69. The molecule has 1 amide bonds. The topological polar surface area (TPSA) is 49.6 Å². The van der Waals surface area contributed by atoms with Crippen LogP contribution in [0.5, 0.6) is 0 Å². The van der Waals surface area contributed by atoms with Crippen molar-refractivity contribution < 1.29 is 4.79 Å². The van der Waals surface area contributed by atoms with Gasteiger partial charge < -0.3 is 10.6 Å². The van der Waals surface area contributed by atoms with E-state index >= 15 is 0 Å². The number of nitrogens with zero attached hydrogens (tertiary/aromatic N) is 2. The van der Waals surface area contributed by atoms with Crippen LogP contribution in [-0.4, -0.2) is 52.4 Å². The molecule has 0 aromatic heterocycles. The van der Waals surface area contributed by atoms with Crippen molar-refractivity contribution in [1.29, 1.82) is 0 Å². The van der Waals surface area contributed by atoms with E-state index in [0.29, 0.717) is 11.4 Å². The normalized spacial score (nSPS) is 21.0. The largest absolute Gasteiger partial charge is 0.392 e. The van der Waals surface area contributed by atoms with E-state index < -0.39 is 5.41 Å². The van der Waals surface area contributed by atoms with Crippen LogP contribution in [0.25, 0.3) is 0 Å². The van der Waals surface area contributed by atoms with Crippen LogP contribution in [0.3, 0.4) is 0 Å². The average molecular weight is 285 g/mol. The van der Waals surface area contributed by atoms with Gasteiger partial charge in [0.2, 0.25) is 5.91 Å². The first kappa shape index (κ1) is 16.4. The van der Waals surface area contributed by atoms with Crippen molar-refractivity contribution in [3.8, 4) is 0 Å². The summed E-state index contributed by atoms with van der Waals surface area (Å²) in [7, 11) is 0. The van der Waals surface area contributed by atoms with Gasteiger partial charge in [-0.1, -0.05) is 19.1 Å². The van der Waals surface area contributed by atoms with E-state index in [1.807, 2.05) is 18.7 Å². The second kappa shape index (κ2) is 5.75.